The van der Waals surface area contributed by atoms with Gasteiger partial charge in [0.15, 0.2) is 17.5 Å². The van der Waals surface area contributed by atoms with E-state index in [0.717, 1.165) is 40.9 Å². The van der Waals surface area contributed by atoms with Gasteiger partial charge in [-0.1, -0.05) is 140 Å². The Morgan fingerprint density at radius 1 is 0.293 bits per heavy atom. The van der Waals surface area contributed by atoms with Gasteiger partial charge in [0.1, 0.15) is 0 Å². The molecule has 0 spiro atoms. The number of hydrogen-bond acceptors (Lipinski definition) is 3. The third kappa shape index (κ3) is 5.92. The van der Waals surface area contributed by atoms with Gasteiger partial charge >= 0.3 is 0 Å². The first-order valence-electron chi connectivity index (χ1n) is 19.8. The van der Waals surface area contributed by atoms with Crippen LogP contribution in [0.5, 0.6) is 0 Å². The molecule has 274 valence electrons. The lowest BCUT2D eigenvalue weighted by Crippen LogP contribution is -2.00. The van der Waals surface area contributed by atoms with Gasteiger partial charge in [-0.15, -0.1) is 0 Å². The molecular formula is C53H37N5. The van der Waals surface area contributed by atoms with Crippen LogP contribution in [0.3, 0.4) is 0 Å². The van der Waals surface area contributed by atoms with Crippen molar-refractivity contribution in [1.82, 2.24) is 24.1 Å². The van der Waals surface area contributed by atoms with E-state index in [1.54, 1.807) is 0 Å². The highest BCUT2D eigenvalue weighted by Crippen LogP contribution is 2.37. The Bertz CT molecular complexity index is 3220. The Morgan fingerprint density at radius 3 is 1.36 bits per heavy atom. The molecule has 58 heavy (non-hydrogen) atoms. The molecule has 0 atom stereocenters. The lowest BCUT2D eigenvalue weighted by molar-refractivity contribution is 0.961. The van der Waals surface area contributed by atoms with Crippen LogP contribution in [0.2, 0.25) is 0 Å². The molecule has 11 rings (SSSR count). The second-order valence-electron chi connectivity index (χ2n) is 14.8. The van der Waals surface area contributed by atoms with Gasteiger partial charge in [-0.05, 0) is 84.6 Å². The minimum atomic E-state index is 0.668. The summed E-state index contributed by atoms with van der Waals surface area (Å²) in [6.07, 6.45) is 1.80. The highest BCUT2D eigenvalue weighted by molar-refractivity contribution is 6.12. The average Bonchev–Trinajstić information content (AvgIpc) is 3.81. The SMILES string of the molecule is c1ccc(-c2nc(-c3ccccc3)nc(-c3cccc(CCc4ccc5c(c4)c4ccccc4n5-c4ccc5c(c4)c4ccccc4n5-c4ccccc4)c3)n2)cc1. The molecule has 8 aromatic carbocycles. The number of aryl methyl sites for hydroxylation is 2. The van der Waals surface area contributed by atoms with Crippen molar-refractivity contribution in [3.05, 3.63) is 211 Å². The number of fused-ring (bicyclic) bond motifs is 6. The summed E-state index contributed by atoms with van der Waals surface area (Å²) >= 11 is 0. The first-order chi connectivity index (χ1) is 28.7. The molecule has 0 fully saturated rings. The summed E-state index contributed by atoms with van der Waals surface area (Å²) in [5, 5.41) is 5.01. The van der Waals surface area contributed by atoms with Gasteiger partial charge in [0.25, 0.3) is 0 Å². The van der Waals surface area contributed by atoms with Gasteiger partial charge in [-0.3, -0.25) is 0 Å². The van der Waals surface area contributed by atoms with Crippen LogP contribution in [0.25, 0.3) is 89.2 Å². The molecule has 0 radical (unpaired) electrons. The fraction of sp³-hybridized carbons (Fsp3) is 0.0377. The van der Waals surface area contributed by atoms with Crippen molar-refractivity contribution in [3.63, 3.8) is 0 Å². The van der Waals surface area contributed by atoms with Crippen LogP contribution < -0.4 is 0 Å². The molecule has 3 aromatic heterocycles. The number of benzene rings is 8. The highest BCUT2D eigenvalue weighted by Gasteiger charge is 2.17. The summed E-state index contributed by atoms with van der Waals surface area (Å²) in [6.45, 7) is 0. The minimum Gasteiger partial charge on any atom is -0.309 e. The maximum atomic E-state index is 4.97. The summed E-state index contributed by atoms with van der Waals surface area (Å²) in [7, 11) is 0. The Morgan fingerprint density at radius 2 is 0.741 bits per heavy atom. The molecule has 0 bridgehead atoms. The molecule has 3 heterocycles. The second kappa shape index (κ2) is 14.1. The van der Waals surface area contributed by atoms with E-state index in [4.69, 9.17) is 15.0 Å². The van der Waals surface area contributed by atoms with E-state index in [1.807, 2.05) is 60.7 Å². The molecule has 5 heteroatoms. The summed E-state index contributed by atoms with van der Waals surface area (Å²) in [4.78, 5) is 14.8. The predicted octanol–water partition coefficient (Wildman–Crippen LogP) is 12.9. The van der Waals surface area contributed by atoms with E-state index < -0.39 is 0 Å². The number of nitrogens with zero attached hydrogens (tertiary/aromatic N) is 5. The third-order valence-electron chi connectivity index (χ3n) is 11.3. The maximum absolute atomic E-state index is 4.97. The molecule has 0 saturated heterocycles. The first-order valence-corrected chi connectivity index (χ1v) is 19.8. The number of rotatable bonds is 8. The van der Waals surface area contributed by atoms with Crippen molar-refractivity contribution in [3.8, 4) is 45.5 Å². The van der Waals surface area contributed by atoms with Crippen LogP contribution in [0.15, 0.2) is 200 Å². The van der Waals surface area contributed by atoms with Crippen LogP contribution in [-0.4, -0.2) is 24.1 Å². The largest absolute Gasteiger partial charge is 0.309 e. The summed E-state index contributed by atoms with van der Waals surface area (Å²) < 4.78 is 4.80. The fourth-order valence-electron chi connectivity index (χ4n) is 8.50. The molecule has 0 aliphatic carbocycles. The van der Waals surface area contributed by atoms with E-state index in [9.17, 15) is 0 Å². The van der Waals surface area contributed by atoms with Crippen molar-refractivity contribution in [2.45, 2.75) is 12.8 Å². The van der Waals surface area contributed by atoms with Gasteiger partial charge in [-0.25, -0.2) is 15.0 Å². The predicted molar refractivity (Wildman–Crippen MR) is 239 cm³/mol. The summed E-state index contributed by atoms with van der Waals surface area (Å²) in [5.74, 6) is 2.01. The van der Waals surface area contributed by atoms with Crippen molar-refractivity contribution in [2.75, 3.05) is 0 Å². The smallest absolute Gasteiger partial charge is 0.164 e. The normalized spacial score (nSPS) is 11.6. The highest BCUT2D eigenvalue weighted by atomic mass is 15.0. The first kappa shape index (κ1) is 33.7. The molecule has 0 saturated carbocycles. The van der Waals surface area contributed by atoms with Crippen molar-refractivity contribution in [1.29, 1.82) is 0 Å². The van der Waals surface area contributed by atoms with Gasteiger partial charge in [0, 0.05) is 49.6 Å². The lowest BCUT2D eigenvalue weighted by atomic mass is 10.0. The average molecular weight is 744 g/mol. The van der Waals surface area contributed by atoms with E-state index >= 15 is 0 Å². The topological polar surface area (TPSA) is 48.5 Å². The monoisotopic (exact) mass is 743 g/mol. The van der Waals surface area contributed by atoms with Gasteiger partial charge in [-0.2, -0.15) is 0 Å². The quantitative estimate of drug-likeness (QED) is 0.156. The molecule has 5 nitrogen and oxygen atoms in total. The molecule has 0 unspecified atom stereocenters. The van der Waals surface area contributed by atoms with Crippen LogP contribution >= 0.6 is 0 Å². The molecule has 0 N–H and O–H groups in total. The van der Waals surface area contributed by atoms with E-state index in [-0.39, 0.29) is 0 Å². The van der Waals surface area contributed by atoms with E-state index in [1.165, 1.54) is 54.7 Å². The van der Waals surface area contributed by atoms with Gasteiger partial charge in [0.05, 0.1) is 22.1 Å². The Kier molecular flexibility index (Phi) is 8.21. The second-order valence-corrected chi connectivity index (χ2v) is 14.8. The van der Waals surface area contributed by atoms with Crippen molar-refractivity contribution >= 4 is 43.6 Å². The van der Waals surface area contributed by atoms with Gasteiger partial charge < -0.3 is 9.13 Å². The zero-order chi connectivity index (χ0) is 38.4. The van der Waals surface area contributed by atoms with E-state index in [2.05, 4.69) is 149 Å². The zero-order valence-electron chi connectivity index (χ0n) is 31.7. The van der Waals surface area contributed by atoms with Crippen LogP contribution in [-0.2, 0) is 12.8 Å². The standard InChI is InChI=1S/C53H37N5/c1-4-16-38(17-5-1)51-54-52(39-18-6-2-7-19-39)56-53(55-51)40-20-14-15-36(33-40)27-28-37-29-31-49-45(34-37)43-23-10-13-26-48(43)58(49)42-30-32-50-46(35-42)44-24-11-12-25-47(44)57(50)41-21-8-3-9-22-41/h1-26,29-35H,27-28H2. The number of hydrogen-bond donors (Lipinski definition) is 0. The third-order valence-corrected chi connectivity index (χ3v) is 11.3. The van der Waals surface area contributed by atoms with Crippen LogP contribution in [0.1, 0.15) is 11.1 Å². The Balaban J connectivity index is 0.937. The van der Waals surface area contributed by atoms with E-state index in [0.29, 0.717) is 17.5 Å². The summed E-state index contributed by atoms with van der Waals surface area (Å²) in [5.41, 5.74) is 12.6. The lowest BCUT2D eigenvalue weighted by Gasteiger charge is -2.11. The number of aromatic nitrogens is 5. The summed E-state index contributed by atoms with van der Waals surface area (Å²) in [6, 6.07) is 71.0. The Labute approximate surface area is 336 Å². The van der Waals surface area contributed by atoms with Gasteiger partial charge in [0.2, 0.25) is 0 Å². The van der Waals surface area contributed by atoms with Crippen LogP contribution in [0.4, 0.5) is 0 Å². The zero-order valence-corrected chi connectivity index (χ0v) is 31.7. The fourth-order valence-corrected chi connectivity index (χ4v) is 8.50. The molecule has 0 aliphatic rings. The number of para-hydroxylation sites is 3. The maximum Gasteiger partial charge on any atom is 0.164 e. The van der Waals surface area contributed by atoms with Crippen molar-refractivity contribution < 1.29 is 0 Å². The Hall–Kier alpha value is -7.63. The molecule has 0 amide bonds. The molecule has 0 aliphatic heterocycles. The van der Waals surface area contributed by atoms with Crippen molar-refractivity contribution in [2.24, 2.45) is 0 Å². The van der Waals surface area contributed by atoms with Crippen LogP contribution in [0, 0.1) is 0 Å². The molecular weight excluding hydrogens is 707 g/mol. The minimum absolute atomic E-state index is 0.668. The molecule has 11 aromatic rings.